The first-order valence-corrected chi connectivity index (χ1v) is 10.7. The molecule has 1 fully saturated rings. The van der Waals surface area contributed by atoms with Gasteiger partial charge in [-0.2, -0.15) is 0 Å². The Morgan fingerprint density at radius 3 is 2.59 bits per heavy atom. The molecule has 1 spiro atoms. The molecular weight excluding hydrogens is 406 g/mol. The molecule has 0 unspecified atom stereocenters. The van der Waals surface area contributed by atoms with Crippen molar-refractivity contribution in [1.29, 1.82) is 0 Å². The Balaban J connectivity index is 1.30. The van der Waals surface area contributed by atoms with E-state index >= 15 is 0 Å². The molecule has 0 bridgehead atoms. The van der Waals surface area contributed by atoms with Crippen LogP contribution >= 0.6 is 0 Å². The topological polar surface area (TPSA) is 95.7 Å². The summed E-state index contributed by atoms with van der Waals surface area (Å²) >= 11 is 0. The number of guanidine groups is 1. The maximum absolute atomic E-state index is 13.1. The minimum absolute atomic E-state index is 0.0830. The minimum Gasteiger partial charge on any atom is -0.349 e. The molecule has 2 aliphatic heterocycles. The van der Waals surface area contributed by atoms with Gasteiger partial charge in [-0.1, -0.05) is 30.3 Å². The SMILES string of the molecule is CN(C)C1=NC2(CCN(C(=O)c3cnc4c(c3)ncn4Cc3ccccc3)CC2)C(=O)N1. The Bertz CT molecular complexity index is 1210. The molecule has 2 amide bonds. The van der Waals surface area contributed by atoms with Crippen molar-refractivity contribution in [2.45, 2.75) is 24.9 Å². The lowest BCUT2D eigenvalue weighted by Crippen LogP contribution is -2.50. The van der Waals surface area contributed by atoms with Gasteiger partial charge in [-0.25, -0.2) is 15.0 Å². The van der Waals surface area contributed by atoms with Crippen LogP contribution in [-0.4, -0.2) is 74.8 Å². The van der Waals surface area contributed by atoms with Crippen molar-refractivity contribution >= 4 is 28.9 Å². The lowest BCUT2D eigenvalue weighted by molar-refractivity contribution is -0.125. The van der Waals surface area contributed by atoms with E-state index in [2.05, 4.69) is 32.4 Å². The first kappa shape index (κ1) is 20.2. The monoisotopic (exact) mass is 431 g/mol. The number of aromatic nitrogens is 3. The van der Waals surface area contributed by atoms with Crippen molar-refractivity contribution in [3.63, 3.8) is 0 Å². The lowest BCUT2D eigenvalue weighted by Gasteiger charge is -2.35. The smallest absolute Gasteiger partial charge is 0.255 e. The summed E-state index contributed by atoms with van der Waals surface area (Å²) in [5.41, 5.74) is 2.33. The molecule has 1 N–H and O–H groups in total. The summed E-state index contributed by atoms with van der Waals surface area (Å²) in [6, 6.07) is 11.9. The van der Waals surface area contributed by atoms with Crippen molar-refractivity contribution in [3.8, 4) is 0 Å². The predicted molar refractivity (Wildman–Crippen MR) is 120 cm³/mol. The minimum atomic E-state index is -0.769. The van der Waals surface area contributed by atoms with Crippen molar-refractivity contribution in [1.82, 2.24) is 29.7 Å². The fraction of sp³-hybridized carbons (Fsp3) is 0.348. The zero-order valence-electron chi connectivity index (χ0n) is 18.2. The van der Waals surface area contributed by atoms with Crippen LogP contribution in [0.25, 0.3) is 11.2 Å². The van der Waals surface area contributed by atoms with E-state index in [1.165, 1.54) is 0 Å². The van der Waals surface area contributed by atoms with Gasteiger partial charge in [-0.05, 0) is 24.5 Å². The molecule has 2 aromatic heterocycles. The number of carbonyl (C=O) groups excluding carboxylic acids is 2. The molecule has 32 heavy (non-hydrogen) atoms. The third-order valence-electron chi connectivity index (χ3n) is 6.17. The molecular formula is C23H25N7O2. The highest BCUT2D eigenvalue weighted by atomic mass is 16.2. The molecule has 9 nitrogen and oxygen atoms in total. The Hall–Kier alpha value is -3.75. The van der Waals surface area contributed by atoms with Gasteiger partial charge < -0.3 is 14.4 Å². The van der Waals surface area contributed by atoms with Gasteiger partial charge in [0.1, 0.15) is 11.1 Å². The van der Waals surface area contributed by atoms with Crippen molar-refractivity contribution in [2.75, 3.05) is 27.2 Å². The van der Waals surface area contributed by atoms with Gasteiger partial charge in [0.05, 0.1) is 18.4 Å². The second-order valence-electron chi connectivity index (χ2n) is 8.53. The Morgan fingerprint density at radius 2 is 1.91 bits per heavy atom. The highest BCUT2D eigenvalue weighted by Crippen LogP contribution is 2.31. The molecule has 0 atom stereocenters. The summed E-state index contributed by atoms with van der Waals surface area (Å²) < 4.78 is 1.97. The van der Waals surface area contributed by atoms with Crippen molar-refractivity contribution in [2.24, 2.45) is 4.99 Å². The van der Waals surface area contributed by atoms with Crippen LogP contribution < -0.4 is 5.32 Å². The number of piperidine rings is 1. The van der Waals surface area contributed by atoms with E-state index in [0.717, 1.165) is 11.2 Å². The van der Waals surface area contributed by atoms with Gasteiger partial charge in [0.2, 0.25) is 5.96 Å². The fourth-order valence-electron chi connectivity index (χ4n) is 4.27. The zero-order chi connectivity index (χ0) is 22.3. The predicted octanol–water partition coefficient (Wildman–Crippen LogP) is 1.50. The maximum atomic E-state index is 13.1. The number of nitrogens with zero attached hydrogens (tertiary/aromatic N) is 6. The van der Waals surface area contributed by atoms with Crippen LogP contribution in [0, 0.1) is 0 Å². The van der Waals surface area contributed by atoms with Gasteiger partial charge >= 0.3 is 0 Å². The number of aliphatic imine (C=N–C) groups is 1. The van der Waals surface area contributed by atoms with E-state index in [1.54, 1.807) is 28.4 Å². The van der Waals surface area contributed by atoms with Gasteiger partial charge in [-0.15, -0.1) is 0 Å². The van der Waals surface area contributed by atoms with E-state index in [1.807, 2.05) is 36.9 Å². The van der Waals surface area contributed by atoms with Gasteiger partial charge in [-0.3, -0.25) is 14.9 Å². The van der Waals surface area contributed by atoms with Crippen LogP contribution in [0.4, 0.5) is 0 Å². The number of pyridine rings is 1. The van der Waals surface area contributed by atoms with E-state index < -0.39 is 5.54 Å². The van der Waals surface area contributed by atoms with Crippen LogP contribution in [0.3, 0.4) is 0 Å². The molecule has 5 rings (SSSR count). The van der Waals surface area contributed by atoms with E-state index in [-0.39, 0.29) is 11.8 Å². The first-order chi connectivity index (χ1) is 15.4. The highest BCUT2D eigenvalue weighted by molar-refractivity contribution is 6.07. The maximum Gasteiger partial charge on any atom is 0.255 e. The number of hydrogen-bond donors (Lipinski definition) is 1. The number of hydrogen-bond acceptors (Lipinski definition) is 6. The Kier molecular flexibility index (Phi) is 4.88. The number of imidazole rings is 1. The van der Waals surface area contributed by atoms with Gasteiger partial charge in [0, 0.05) is 33.4 Å². The summed E-state index contributed by atoms with van der Waals surface area (Å²) in [6.07, 6.45) is 4.37. The van der Waals surface area contributed by atoms with Crippen LogP contribution in [0.15, 0.2) is 53.9 Å². The molecule has 2 aliphatic rings. The average molecular weight is 432 g/mol. The normalized spacial score (nSPS) is 17.5. The fourth-order valence-corrected chi connectivity index (χ4v) is 4.27. The molecule has 164 valence electrons. The third kappa shape index (κ3) is 3.49. The first-order valence-electron chi connectivity index (χ1n) is 10.7. The van der Waals surface area contributed by atoms with Crippen LogP contribution in [0.1, 0.15) is 28.8 Å². The molecule has 4 heterocycles. The molecule has 0 aliphatic carbocycles. The van der Waals surface area contributed by atoms with Crippen LogP contribution in [0.2, 0.25) is 0 Å². The summed E-state index contributed by atoms with van der Waals surface area (Å²) in [6.45, 7) is 1.61. The average Bonchev–Trinajstić information content (AvgIpc) is 3.35. The molecule has 3 aromatic rings. The second-order valence-corrected chi connectivity index (χ2v) is 8.53. The van der Waals surface area contributed by atoms with E-state index in [9.17, 15) is 9.59 Å². The van der Waals surface area contributed by atoms with Crippen molar-refractivity contribution in [3.05, 3.63) is 60.0 Å². The molecule has 0 saturated carbocycles. The standard InChI is InChI=1S/C23H25N7O2/c1-28(2)22-26-21(32)23(27-22)8-10-29(11-9-23)20(31)17-12-18-19(24-13-17)30(15-25-18)14-16-6-4-3-5-7-16/h3-7,12-13,15H,8-11,14H2,1-2H3,(H,26,27,32). The Labute approximate surface area is 185 Å². The number of amides is 2. The molecule has 1 saturated heterocycles. The largest absolute Gasteiger partial charge is 0.349 e. The zero-order valence-corrected chi connectivity index (χ0v) is 18.2. The van der Waals surface area contributed by atoms with Gasteiger partial charge in [0.15, 0.2) is 5.65 Å². The lowest BCUT2D eigenvalue weighted by atomic mass is 9.88. The quantitative estimate of drug-likeness (QED) is 0.678. The van der Waals surface area contributed by atoms with Gasteiger partial charge in [0.25, 0.3) is 11.8 Å². The van der Waals surface area contributed by atoms with Crippen LogP contribution in [-0.2, 0) is 11.3 Å². The highest BCUT2D eigenvalue weighted by Gasteiger charge is 2.46. The van der Waals surface area contributed by atoms with E-state index in [4.69, 9.17) is 0 Å². The summed E-state index contributed by atoms with van der Waals surface area (Å²) in [5.74, 6) is 0.401. The number of benzene rings is 1. The Morgan fingerprint density at radius 1 is 1.16 bits per heavy atom. The number of carbonyl (C=O) groups is 2. The molecule has 9 heteroatoms. The third-order valence-corrected chi connectivity index (χ3v) is 6.17. The second kappa shape index (κ2) is 7.74. The summed E-state index contributed by atoms with van der Waals surface area (Å²) in [4.78, 5) is 42.8. The van der Waals surface area contributed by atoms with Crippen molar-refractivity contribution < 1.29 is 9.59 Å². The summed E-state index contributed by atoms with van der Waals surface area (Å²) in [5, 5.41) is 2.84. The molecule has 0 radical (unpaired) electrons. The number of rotatable bonds is 3. The van der Waals surface area contributed by atoms with Crippen LogP contribution in [0.5, 0.6) is 0 Å². The van der Waals surface area contributed by atoms with E-state index in [0.29, 0.717) is 49.5 Å². The number of nitrogens with one attached hydrogen (secondary N) is 1. The number of likely N-dealkylation sites (tertiary alicyclic amines) is 1. The molecule has 1 aromatic carbocycles. The summed E-state index contributed by atoms with van der Waals surface area (Å²) in [7, 11) is 3.70. The number of fused-ring (bicyclic) bond motifs is 1.